The van der Waals surface area contributed by atoms with Gasteiger partial charge in [0.25, 0.3) is 0 Å². The molecular weight excluding hydrogens is 304 g/mol. The van der Waals surface area contributed by atoms with Crippen LogP contribution >= 0.6 is 0 Å². The SMILES string of the molecule is COC1C2OCOC2CC2CCN(C)C(CC3CCCCN3C)C21. The number of methoxy groups -OCH3 is 1. The first-order valence-corrected chi connectivity index (χ1v) is 9.85. The Kier molecular flexibility index (Phi) is 5.17. The lowest BCUT2D eigenvalue weighted by Crippen LogP contribution is -2.61. The Morgan fingerprint density at radius 2 is 1.92 bits per heavy atom. The molecule has 1 aliphatic carbocycles. The van der Waals surface area contributed by atoms with E-state index in [1.165, 1.54) is 45.2 Å². The molecule has 5 nitrogen and oxygen atoms in total. The minimum Gasteiger partial charge on any atom is -0.378 e. The first kappa shape index (κ1) is 17.2. The third-order valence-corrected chi connectivity index (χ3v) is 7.26. The van der Waals surface area contributed by atoms with Crippen LogP contribution in [0.15, 0.2) is 0 Å². The summed E-state index contributed by atoms with van der Waals surface area (Å²) in [5, 5.41) is 0. The topological polar surface area (TPSA) is 34.2 Å². The molecule has 7 atom stereocenters. The van der Waals surface area contributed by atoms with Crippen LogP contribution in [0.2, 0.25) is 0 Å². The van der Waals surface area contributed by atoms with Gasteiger partial charge in [0.15, 0.2) is 0 Å². The Morgan fingerprint density at radius 1 is 1.04 bits per heavy atom. The summed E-state index contributed by atoms with van der Waals surface area (Å²) in [7, 11) is 6.49. The molecule has 3 saturated heterocycles. The van der Waals surface area contributed by atoms with Crippen LogP contribution in [0.1, 0.15) is 38.5 Å². The molecule has 24 heavy (non-hydrogen) atoms. The van der Waals surface area contributed by atoms with Gasteiger partial charge in [0, 0.05) is 25.1 Å². The zero-order valence-electron chi connectivity index (χ0n) is 15.5. The van der Waals surface area contributed by atoms with Gasteiger partial charge < -0.3 is 24.0 Å². The highest BCUT2D eigenvalue weighted by molar-refractivity contribution is 5.04. The fraction of sp³-hybridized carbons (Fsp3) is 1.00. The van der Waals surface area contributed by atoms with E-state index in [2.05, 4.69) is 23.9 Å². The standard InChI is InChI=1S/C19H34N2O3/c1-20-8-5-4-6-14(20)11-15-17-13(7-9-21(15)2)10-16-18(19(17)22-3)24-12-23-16/h13-19H,4-12H2,1-3H3. The smallest absolute Gasteiger partial charge is 0.147 e. The molecule has 0 aromatic rings. The van der Waals surface area contributed by atoms with Gasteiger partial charge in [0.2, 0.25) is 0 Å². The van der Waals surface area contributed by atoms with E-state index in [4.69, 9.17) is 14.2 Å². The highest BCUT2D eigenvalue weighted by Gasteiger charge is 2.53. The second kappa shape index (κ2) is 7.20. The molecule has 4 rings (SSSR count). The van der Waals surface area contributed by atoms with Crippen molar-refractivity contribution in [2.24, 2.45) is 11.8 Å². The zero-order valence-corrected chi connectivity index (χ0v) is 15.5. The molecule has 4 fully saturated rings. The molecule has 4 aliphatic rings. The predicted molar refractivity (Wildman–Crippen MR) is 92.9 cm³/mol. The second-order valence-corrected chi connectivity index (χ2v) is 8.43. The molecule has 5 heteroatoms. The van der Waals surface area contributed by atoms with Gasteiger partial charge in [-0.2, -0.15) is 0 Å². The normalized spacial score (nSPS) is 47.4. The maximum absolute atomic E-state index is 6.02. The molecule has 0 bridgehead atoms. The van der Waals surface area contributed by atoms with Crippen LogP contribution in [0, 0.1) is 11.8 Å². The van der Waals surface area contributed by atoms with Crippen molar-refractivity contribution in [3.63, 3.8) is 0 Å². The van der Waals surface area contributed by atoms with Crippen molar-refractivity contribution in [1.29, 1.82) is 0 Å². The minimum atomic E-state index is 0.134. The van der Waals surface area contributed by atoms with Crippen LogP contribution in [0.25, 0.3) is 0 Å². The average Bonchev–Trinajstić information content (AvgIpc) is 3.05. The third-order valence-electron chi connectivity index (χ3n) is 7.26. The van der Waals surface area contributed by atoms with Gasteiger partial charge in [-0.05, 0) is 65.2 Å². The maximum Gasteiger partial charge on any atom is 0.147 e. The summed E-state index contributed by atoms with van der Waals surface area (Å²) in [5.41, 5.74) is 0. The fourth-order valence-corrected chi connectivity index (χ4v) is 5.88. The summed E-state index contributed by atoms with van der Waals surface area (Å²) in [4.78, 5) is 5.19. The van der Waals surface area contributed by atoms with Crippen molar-refractivity contribution in [3.8, 4) is 0 Å². The van der Waals surface area contributed by atoms with Crippen molar-refractivity contribution >= 4 is 0 Å². The molecule has 0 amide bonds. The van der Waals surface area contributed by atoms with E-state index >= 15 is 0 Å². The molecule has 7 unspecified atom stereocenters. The Morgan fingerprint density at radius 3 is 2.71 bits per heavy atom. The Labute approximate surface area is 146 Å². The second-order valence-electron chi connectivity index (χ2n) is 8.43. The quantitative estimate of drug-likeness (QED) is 0.786. The number of hydrogen-bond donors (Lipinski definition) is 0. The highest BCUT2D eigenvalue weighted by Crippen LogP contribution is 2.45. The zero-order chi connectivity index (χ0) is 16.7. The van der Waals surface area contributed by atoms with Gasteiger partial charge in [-0.25, -0.2) is 0 Å². The number of fused-ring (bicyclic) bond motifs is 2. The number of likely N-dealkylation sites (tertiary alicyclic amines) is 2. The Hall–Kier alpha value is -0.200. The predicted octanol–water partition coefficient (Wildman–Crippen LogP) is 1.96. The minimum absolute atomic E-state index is 0.134. The van der Waals surface area contributed by atoms with Gasteiger partial charge in [0.1, 0.15) is 12.9 Å². The summed E-state index contributed by atoms with van der Waals surface area (Å²) in [6.45, 7) is 2.90. The lowest BCUT2D eigenvalue weighted by molar-refractivity contribution is -0.138. The molecule has 0 aromatic carbocycles. The van der Waals surface area contributed by atoms with E-state index in [9.17, 15) is 0 Å². The largest absolute Gasteiger partial charge is 0.378 e. The summed E-state index contributed by atoms with van der Waals surface area (Å²) in [5.74, 6) is 1.29. The molecule has 0 spiro atoms. The molecular formula is C19H34N2O3. The Bertz CT molecular complexity index is 435. The molecule has 3 heterocycles. The van der Waals surface area contributed by atoms with Crippen LogP contribution in [-0.2, 0) is 14.2 Å². The van der Waals surface area contributed by atoms with Crippen LogP contribution < -0.4 is 0 Å². The number of piperidine rings is 2. The fourth-order valence-electron chi connectivity index (χ4n) is 5.88. The van der Waals surface area contributed by atoms with Gasteiger partial charge in [-0.15, -0.1) is 0 Å². The summed E-state index contributed by atoms with van der Waals surface area (Å²) >= 11 is 0. The van der Waals surface area contributed by atoms with Gasteiger partial charge in [-0.3, -0.25) is 0 Å². The van der Waals surface area contributed by atoms with Crippen molar-refractivity contribution in [2.45, 2.75) is 68.9 Å². The summed E-state index contributed by atoms with van der Waals surface area (Å²) in [6.07, 6.45) is 8.34. The molecule has 0 aromatic heterocycles. The van der Waals surface area contributed by atoms with Gasteiger partial charge in [-0.1, -0.05) is 6.42 Å². The summed E-state index contributed by atoms with van der Waals surface area (Å²) < 4.78 is 17.8. The van der Waals surface area contributed by atoms with Crippen molar-refractivity contribution < 1.29 is 14.2 Å². The van der Waals surface area contributed by atoms with Gasteiger partial charge in [0.05, 0.1) is 12.2 Å². The van der Waals surface area contributed by atoms with E-state index in [0.29, 0.717) is 24.7 Å². The highest BCUT2D eigenvalue weighted by atomic mass is 16.7. The van der Waals surface area contributed by atoms with Crippen LogP contribution in [-0.4, -0.2) is 81.3 Å². The van der Waals surface area contributed by atoms with Crippen molar-refractivity contribution in [1.82, 2.24) is 9.80 Å². The van der Waals surface area contributed by atoms with E-state index < -0.39 is 0 Å². The summed E-state index contributed by atoms with van der Waals surface area (Å²) in [6, 6.07) is 1.32. The van der Waals surface area contributed by atoms with Crippen LogP contribution in [0.5, 0.6) is 0 Å². The lowest BCUT2D eigenvalue weighted by atomic mass is 9.66. The van der Waals surface area contributed by atoms with E-state index in [-0.39, 0.29) is 18.3 Å². The number of ether oxygens (including phenoxy) is 3. The maximum atomic E-state index is 6.02. The first-order chi connectivity index (χ1) is 11.7. The van der Waals surface area contributed by atoms with Crippen LogP contribution in [0.3, 0.4) is 0 Å². The van der Waals surface area contributed by atoms with Crippen molar-refractivity contribution in [3.05, 3.63) is 0 Å². The number of rotatable bonds is 3. The number of hydrogen-bond acceptors (Lipinski definition) is 5. The van der Waals surface area contributed by atoms with E-state index in [1.54, 1.807) is 0 Å². The van der Waals surface area contributed by atoms with Gasteiger partial charge >= 0.3 is 0 Å². The number of nitrogens with zero attached hydrogens (tertiary/aromatic N) is 2. The average molecular weight is 338 g/mol. The molecule has 0 radical (unpaired) electrons. The van der Waals surface area contributed by atoms with Crippen LogP contribution in [0.4, 0.5) is 0 Å². The van der Waals surface area contributed by atoms with E-state index in [1.807, 2.05) is 7.11 Å². The first-order valence-electron chi connectivity index (χ1n) is 9.85. The molecule has 138 valence electrons. The molecule has 0 N–H and O–H groups in total. The van der Waals surface area contributed by atoms with Crippen molar-refractivity contribution in [2.75, 3.05) is 41.1 Å². The molecule has 3 aliphatic heterocycles. The molecule has 1 saturated carbocycles. The Balaban J connectivity index is 1.54. The monoisotopic (exact) mass is 338 g/mol. The lowest BCUT2D eigenvalue weighted by Gasteiger charge is -2.53. The third kappa shape index (κ3) is 3.03. The van der Waals surface area contributed by atoms with E-state index in [0.717, 1.165) is 12.5 Å².